The molecule has 4 rings (SSSR count). The quantitative estimate of drug-likeness (QED) is 0.268. The number of halogens is 1. The monoisotopic (exact) mass is 439 g/mol. The fourth-order valence-corrected chi connectivity index (χ4v) is 4.16. The van der Waals surface area contributed by atoms with Crippen LogP contribution < -0.4 is 10.3 Å². The van der Waals surface area contributed by atoms with Crippen molar-refractivity contribution in [2.24, 2.45) is 0 Å². The molecule has 0 spiro atoms. The molecule has 0 fully saturated rings. The number of methoxy groups -OCH3 is 1. The highest BCUT2D eigenvalue weighted by molar-refractivity contribution is 7.99. The minimum atomic E-state index is -0.240. The number of ketones is 1. The molecule has 0 bridgehead atoms. The van der Waals surface area contributed by atoms with E-state index in [9.17, 15) is 9.59 Å². The molecule has 0 unspecified atom stereocenters. The molecular formula is C22H18ClN3O3S. The summed E-state index contributed by atoms with van der Waals surface area (Å²) in [5.41, 5.74) is 2.16. The second kappa shape index (κ2) is 8.38. The number of fused-ring (bicyclic) bond motifs is 1. The topological polar surface area (TPSA) is 77.0 Å². The Labute approximate surface area is 181 Å². The molecule has 2 heterocycles. The van der Waals surface area contributed by atoms with Gasteiger partial charge in [0.2, 0.25) is 0 Å². The Balaban J connectivity index is 1.88. The number of aryl methyl sites for hydroxylation is 1. The summed E-state index contributed by atoms with van der Waals surface area (Å²) in [6.45, 7) is 1.85. The van der Waals surface area contributed by atoms with Crippen molar-refractivity contribution >= 4 is 40.0 Å². The van der Waals surface area contributed by atoms with Gasteiger partial charge in [0.05, 0.1) is 35.1 Å². The number of nitrogens with zero attached hydrogens (tertiary/aromatic N) is 2. The lowest BCUT2D eigenvalue weighted by Gasteiger charge is -2.17. The Hall–Kier alpha value is -3.03. The average molecular weight is 440 g/mol. The zero-order chi connectivity index (χ0) is 21.3. The van der Waals surface area contributed by atoms with Gasteiger partial charge < -0.3 is 9.72 Å². The van der Waals surface area contributed by atoms with Crippen molar-refractivity contribution in [1.29, 1.82) is 0 Å². The molecule has 1 N–H and O–H groups in total. The Morgan fingerprint density at radius 1 is 1.23 bits per heavy atom. The highest BCUT2D eigenvalue weighted by atomic mass is 35.5. The Morgan fingerprint density at radius 3 is 2.77 bits per heavy atom. The third kappa shape index (κ3) is 3.74. The number of carbonyl (C=O) groups excluding carboxylic acids is 1. The maximum atomic E-state index is 13.4. The number of benzene rings is 2. The Kier molecular flexibility index (Phi) is 5.65. The lowest BCUT2D eigenvalue weighted by atomic mass is 10.2. The molecule has 0 saturated carbocycles. The van der Waals surface area contributed by atoms with Gasteiger partial charge in [-0.25, -0.2) is 4.98 Å². The summed E-state index contributed by atoms with van der Waals surface area (Å²) >= 11 is 7.45. The van der Waals surface area contributed by atoms with Gasteiger partial charge in [-0.05, 0) is 42.8 Å². The van der Waals surface area contributed by atoms with Gasteiger partial charge in [-0.1, -0.05) is 35.5 Å². The summed E-state index contributed by atoms with van der Waals surface area (Å²) in [5.74, 6) is 0.487. The standard InChI is InChI=1S/C22H18ClN3O3S/c1-13-10-18(20(29-2)11-15(13)23)26-21(28)14-6-3-4-7-16(14)25-22(26)30-12-19(27)17-8-5-9-24-17/h3-11,24H,12H2,1-2H3. The SMILES string of the molecule is COc1cc(Cl)c(C)cc1-n1c(SCC(=O)c2ccc[nH]2)nc2ccccc2c1=O. The largest absolute Gasteiger partial charge is 0.495 e. The summed E-state index contributed by atoms with van der Waals surface area (Å²) in [6.07, 6.45) is 1.70. The third-order valence-corrected chi connectivity index (χ3v) is 6.02. The molecule has 0 aliphatic rings. The van der Waals surface area contributed by atoms with Crippen molar-refractivity contribution in [3.05, 3.63) is 81.4 Å². The van der Waals surface area contributed by atoms with Crippen LogP contribution in [0.1, 0.15) is 16.1 Å². The maximum absolute atomic E-state index is 13.4. The Morgan fingerprint density at radius 2 is 2.03 bits per heavy atom. The van der Waals surface area contributed by atoms with E-state index >= 15 is 0 Å². The zero-order valence-electron chi connectivity index (χ0n) is 16.3. The van der Waals surface area contributed by atoms with Crippen LogP contribution in [-0.2, 0) is 0 Å². The van der Waals surface area contributed by atoms with Crippen LogP contribution in [0.15, 0.2) is 64.7 Å². The first-order valence-corrected chi connectivity index (χ1v) is 10.5. The number of nitrogens with one attached hydrogen (secondary N) is 1. The van der Waals surface area contributed by atoms with Gasteiger partial charge in [0.25, 0.3) is 5.56 Å². The molecule has 0 saturated heterocycles. The molecule has 0 radical (unpaired) electrons. The van der Waals surface area contributed by atoms with Crippen molar-refractivity contribution in [1.82, 2.24) is 14.5 Å². The summed E-state index contributed by atoms with van der Waals surface area (Å²) in [5, 5.41) is 1.42. The van der Waals surface area contributed by atoms with Crippen molar-refractivity contribution in [2.75, 3.05) is 12.9 Å². The minimum absolute atomic E-state index is 0.0850. The van der Waals surface area contributed by atoms with Gasteiger partial charge >= 0.3 is 0 Å². The second-order valence-corrected chi connectivity index (χ2v) is 7.97. The molecule has 4 aromatic rings. The van der Waals surface area contributed by atoms with Gasteiger partial charge in [-0.15, -0.1) is 0 Å². The molecule has 0 aliphatic heterocycles. The van der Waals surface area contributed by atoms with Crippen LogP contribution in [-0.4, -0.2) is 33.2 Å². The molecule has 0 atom stereocenters. The summed E-state index contributed by atoms with van der Waals surface area (Å²) in [7, 11) is 1.52. The highest BCUT2D eigenvalue weighted by Gasteiger charge is 2.19. The van der Waals surface area contributed by atoms with Crippen LogP contribution in [0.2, 0.25) is 5.02 Å². The lowest BCUT2D eigenvalue weighted by Crippen LogP contribution is -2.23. The smallest absolute Gasteiger partial charge is 0.266 e. The van der Waals surface area contributed by atoms with Crippen molar-refractivity contribution in [2.45, 2.75) is 12.1 Å². The molecule has 30 heavy (non-hydrogen) atoms. The van der Waals surface area contributed by atoms with Crippen LogP contribution in [0.4, 0.5) is 0 Å². The highest BCUT2D eigenvalue weighted by Crippen LogP contribution is 2.32. The van der Waals surface area contributed by atoms with E-state index < -0.39 is 0 Å². The zero-order valence-corrected chi connectivity index (χ0v) is 17.9. The average Bonchev–Trinajstić information content (AvgIpc) is 3.29. The molecule has 6 nitrogen and oxygen atoms in total. The van der Waals surface area contributed by atoms with E-state index in [1.807, 2.05) is 13.0 Å². The van der Waals surface area contributed by atoms with E-state index in [1.165, 1.54) is 23.4 Å². The van der Waals surface area contributed by atoms with E-state index in [0.29, 0.717) is 38.2 Å². The molecule has 8 heteroatoms. The van der Waals surface area contributed by atoms with Gasteiger partial charge in [0, 0.05) is 17.3 Å². The van der Waals surface area contributed by atoms with Crippen LogP contribution >= 0.6 is 23.4 Å². The minimum Gasteiger partial charge on any atom is -0.495 e. The van der Waals surface area contributed by atoms with E-state index in [1.54, 1.807) is 48.7 Å². The van der Waals surface area contributed by atoms with Crippen LogP contribution in [0.25, 0.3) is 16.6 Å². The van der Waals surface area contributed by atoms with Gasteiger partial charge in [0.15, 0.2) is 10.9 Å². The van der Waals surface area contributed by atoms with Gasteiger partial charge in [0.1, 0.15) is 5.75 Å². The fraction of sp³-hybridized carbons (Fsp3) is 0.136. The van der Waals surface area contributed by atoms with Crippen LogP contribution in [0.3, 0.4) is 0 Å². The molecule has 2 aromatic heterocycles. The first kappa shape index (κ1) is 20.3. The maximum Gasteiger partial charge on any atom is 0.266 e. The predicted octanol–water partition coefficient (Wildman–Crippen LogP) is 4.66. The first-order chi connectivity index (χ1) is 14.5. The molecular weight excluding hydrogens is 422 g/mol. The molecule has 0 aliphatic carbocycles. The lowest BCUT2D eigenvalue weighted by molar-refractivity contribution is 0.101. The van der Waals surface area contributed by atoms with E-state index in [2.05, 4.69) is 9.97 Å². The van der Waals surface area contributed by atoms with E-state index in [4.69, 9.17) is 16.3 Å². The number of Topliss-reactive ketones (excluding diaryl/α,β-unsaturated/α-hetero) is 1. The number of carbonyl (C=O) groups is 1. The Bertz CT molecular complexity index is 1300. The number of aromatic nitrogens is 3. The molecule has 0 amide bonds. The normalized spacial score (nSPS) is 11.0. The number of ether oxygens (including phenoxy) is 1. The third-order valence-electron chi connectivity index (χ3n) is 4.68. The summed E-state index contributed by atoms with van der Waals surface area (Å²) in [4.78, 5) is 33.5. The van der Waals surface area contributed by atoms with Gasteiger partial charge in [-0.3, -0.25) is 14.2 Å². The number of hydrogen-bond acceptors (Lipinski definition) is 5. The van der Waals surface area contributed by atoms with Crippen LogP contribution in [0, 0.1) is 6.92 Å². The van der Waals surface area contributed by atoms with Gasteiger partial charge in [-0.2, -0.15) is 0 Å². The summed E-state index contributed by atoms with van der Waals surface area (Å²) < 4.78 is 6.97. The van der Waals surface area contributed by atoms with Crippen LogP contribution in [0.5, 0.6) is 5.75 Å². The number of hydrogen-bond donors (Lipinski definition) is 1. The van der Waals surface area contributed by atoms with Crippen molar-refractivity contribution in [3.63, 3.8) is 0 Å². The predicted molar refractivity (Wildman–Crippen MR) is 119 cm³/mol. The fourth-order valence-electron chi connectivity index (χ4n) is 3.12. The molecule has 152 valence electrons. The van der Waals surface area contributed by atoms with E-state index in [0.717, 1.165) is 5.56 Å². The summed E-state index contributed by atoms with van der Waals surface area (Å²) in [6, 6.07) is 14.1. The van der Waals surface area contributed by atoms with Crippen molar-refractivity contribution in [3.8, 4) is 11.4 Å². The van der Waals surface area contributed by atoms with E-state index in [-0.39, 0.29) is 17.1 Å². The van der Waals surface area contributed by atoms with Crippen molar-refractivity contribution < 1.29 is 9.53 Å². The number of aromatic amines is 1. The number of H-pyrrole nitrogens is 1. The molecule has 2 aromatic carbocycles. The number of thioether (sulfide) groups is 1. The number of para-hydroxylation sites is 1. The second-order valence-electron chi connectivity index (χ2n) is 6.62. The first-order valence-electron chi connectivity index (χ1n) is 9.15. The number of rotatable bonds is 6.